The van der Waals surface area contributed by atoms with Gasteiger partial charge in [0.1, 0.15) is 12.4 Å². The van der Waals surface area contributed by atoms with Crippen LogP contribution in [0.25, 0.3) is 5.57 Å². The lowest BCUT2D eigenvalue weighted by molar-refractivity contribution is -0.128. The molecule has 210 valence electrons. The van der Waals surface area contributed by atoms with Crippen LogP contribution >= 0.6 is 0 Å². The summed E-state index contributed by atoms with van der Waals surface area (Å²) in [5.41, 5.74) is 3.47. The molecular formula is C30H43FN2O4S. The van der Waals surface area contributed by atoms with Crippen LogP contribution in [0.2, 0.25) is 0 Å². The Bertz CT molecular complexity index is 1170. The Morgan fingerprint density at radius 1 is 1.29 bits per heavy atom. The quantitative estimate of drug-likeness (QED) is 0.372. The Kier molecular flexibility index (Phi) is 13.5. The van der Waals surface area contributed by atoms with Gasteiger partial charge in [0.05, 0.1) is 17.4 Å². The molecule has 2 heterocycles. The average molecular weight is 547 g/mol. The first kappa shape index (κ1) is 33.1. The van der Waals surface area contributed by atoms with Gasteiger partial charge in [0, 0.05) is 32.5 Å². The molecule has 6 nitrogen and oxygen atoms in total. The number of nitrogens with one attached hydrogen (secondary N) is 1. The molecule has 1 fully saturated rings. The summed E-state index contributed by atoms with van der Waals surface area (Å²) in [6, 6.07) is 4.82. The molecule has 0 saturated carbocycles. The number of amides is 1. The van der Waals surface area contributed by atoms with Gasteiger partial charge in [-0.15, -0.1) is 12.3 Å². The molecule has 38 heavy (non-hydrogen) atoms. The Labute approximate surface area is 229 Å². The van der Waals surface area contributed by atoms with Crippen LogP contribution in [0.15, 0.2) is 48.3 Å². The minimum absolute atomic E-state index is 0.279. The number of ether oxygens (including phenoxy) is 1. The third-order valence-electron chi connectivity index (χ3n) is 6.07. The van der Waals surface area contributed by atoms with Crippen molar-refractivity contribution in [3.8, 4) is 12.3 Å². The van der Waals surface area contributed by atoms with Crippen molar-refractivity contribution >= 4 is 21.5 Å². The number of hydrogen-bond acceptors (Lipinski definition) is 5. The van der Waals surface area contributed by atoms with E-state index in [2.05, 4.69) is 22.1 Å². The molecule has 8 heteroatoms. The van der Waals surface area contributed by atoms with Crippen LogP contribution in [-0.2, 0) is 26.2 Å². The van der Waals surface area contributed by atoms with E-state index in [9.17, 15) is 17.6 Å². The van der Waals surface area contributed by atoms with Crippen molar-refractivity contribution < 1.29 is 22.3 Å². The number of likely N-dealkylation sites (tertiary alicyclic amines) is 1. The lowest BCUT2D eigenvalue weighted by Crippen LogP contribution is -2.47. The molecule has 0 aromatic heterocycles. The normalized spacial score (nSPS) is 16.1. The number of benzene rings is 1. The summed E-state index contributed by atoms with van der Waals surface area (Å²) in [7, 11) is -3.58. The number of halogens is 1. The second-order valence-electron chi connectivity index (χ2n) is 9.73. The SMILES string of the molecule is C#CC/C=C\C.C=C1CC(=C2CCN(CC(C)(C)C(=O)NS(C)(=O)=O)CC2)c2ccc(F)cc2CO1.CC. The van der Waals surface area contributed by atoms with Gasteiger partial charge in [0.15, 0.2) is 0 Å². The van der Waals surface area contributed by atoms with Gasteiger partial charge in [-0.05, 0) is 62.4 Å². The van der Waals surface area contributed by atoms with Crippen LogP contribution in [0, 0.1) is 23.6 Å². The molecule has 1 aromatic rings. The van der Waals surface area contributed by atoms with Gasteiger partial charge in [-0.2, -0.15) is 0 Å². The number of piperidine rings is 1. The molecule has 0 unspecified atom stereocenters. The molecule has 1 amide bonds. The zero-order valence-electron chi connectivity index (χ0n) is 23.7. The zero-order valence-corrected chi connectivity index (χ0v) is 24.5. The number of carbonyl (C=O) groups excluding carboxylic acids is 1. The number of carbonyl (C=O) groups is 1. The molecule has 1 N–H and O–H groups in total. The third-order valence-corrected chi connectivity index (χ3v) is 6.62. The second-order valence-corrected chi connectivity index (χ2v) is 11.5. The highest BCUT2D eigenvalue weighted by Gasteiger charge is 2.33. The molecule has 2 aliphatic rings. The molecule has 3 rings (SSSR count). The van der Waals surface area contributed by atoms with Crippen LogP contribution in [-0.4, -0.2) is 45.1 Å². The summed E-state index contributed by atoms with van der Waals surface area (Å²) in [5, 5.41) is 0. The maximum atomic E-state index is 13.7. The van der Waals surface area contributed by atoms with Crippen molar-refractivity contribution in [3.63, 3.8) is 0 Å². The lowest BCUT2D eigenvalue weighted by Gasteiger charge is -2.35. The number of nitrogens with zero attached hydrogens (tertiary/aromatic N) is 1. The summed E-state index contributed by atoms with van der Waals surface area (Å²) in [6.45, 7) is 15.7. The van der Waals surface area contributed by atoms with Crippen molar-refractivity contribution in [1.29, 1.82) is 0 Å². The lowest BCUT2D eigenvalue weighted by atomic mass is 9.87. The smallest absolute Gasteiger partial charge is 0.240 e. The van der Waals surface area contributed by atoms with Gasteiger partial charge >= 0.3 is 0 Å². The first-order valence-corrected chi connectivity index (χ1v) is 14.8. The highest BCUT2D eigenvalue weighted by Crippen LogP contribution is 2.37. The van der Waals surface area contributed by atoms with Crippen molar-refractivity contribution in [2.24, 2.45) is 5.41 Å². The topological polar surface area (TPSA) is 75.7 Å². The Morgan fingerprint density at radius 3 is 2.45 bits per heavy atom. The number of rotatable bonds is 5. The van der Waals surface area contributed by atoms with E-state index in [1.807, 2.05) is 39.0 Å². The van der Waals surface area contributed by atoms with E-state index in [0.29, 0.717) is 25.3 Å². The van der Waals surface area contributed by atoms with Crippen LogP contribution in [0.3, 0.4) is 0 Å². The second kappa shape index (κ2) is 15.5. The first-order valence-electron chi connectivity index (χ1n) is 13.0. The highest BCUT2D eigenvalue weighted by molar-refractivity contribution is 7.89. The summed E-state index contributed by atoms with van der Waals surface area (Å²) >= 11 is 0. The maximum Gasteiger partial charge on any atom is 0.240 e. The van der Waals surface area contributed by atoms with Gasteiger partial charge < -0.3 is 9.64 Å². The molecule has 2 aliphatic heterocycles. The highest BCUT2D eigenvalue weighted by atomic mass is 32.2. The van der Waals surface area contributed by atoms with E-state index in [-0.39, 0.29) is 5.82 Å². The summed E-state index contributed by atoms with van der Waals surface area (Å²) in [6.07, 6.45) is 12.8. The van der Waals surface area contributed by atoms with E-state index >= 15 is 0 Å². The van der Waals surface area contributed by atoms with Gasteiger partial charge in [0.2, 0.25) is 15.9 Å². The van der Waals surface area contributed by atoms with E-state index in [1.165, 1.54) is 17.7 Å². The van der Waals surface area contributed by atoms with Gasteiger partial charge in [-0.3, -0.25) is 9.52 Å². The van der Waals surface area contributed by atoms with Crippen LogP contribution in [0.4, 0.5) is 4.39 Å². The summed E-state index contributed by atoms with van der Waals surface area (Å²) in [4.78, 5) is 14.5. The molecule has 0 spiro atoms. The van der Waals surface area contributed by atoms with E-state index in [4.69, 9.17) is 11.2 Å². The number of sulfonamides is 1. The van der Waals surface area contributed by atoms with Gasteiger partial charge in [-0.25, -0.2) is 12.8 Å². The number of hydrogen-bond donors (Lipinski definition) is 1. The maximum absolute atomic E-state index is 13.7. The van der Waals surface area contributed by atoms with Crippen molar-refractivity contribution in [3.05, 3.63) is 65.2 Å². The fourth-order valence-electron chi connectivity index (χ4n) is 4.22. The Morgan fingerprint density at radius 2 is 1.92 bits per heavy atom. The predicted octanol–water partition coefficient (Wildman–Crippen LogP) is 5.82. The Balaban J connectivity index is 0.000000795. The van der Waals surface area contributed by atoms with Crippen LogP contribution in [0.1, 0.15) is 71.4 Å². The van der Waals surface area contributed by atoms with Crippen molar-refractivity contribution in [2.45, 2.75) is 66.9 Å². The molecule has 0 aliphatic carbocycles. The Hall–Kier alpha value is -2.89. The fourth-order valence-corrected chi connectivity index (χ4v) is 4.83. The van der Waals surface area contributed by atoms with E-state index in [0.717, 1.165) is 55.3 Å². The standard InChI is InChI=1S/C22H29FN2O4S.C6H8.C2H6/c1-15-11-20(19-6-5-18(23)12-17(19)13-29-15)16-7-9-25(10-8-16)14-22(2,3)21(26)24-30(4,27)28;1-3-5-6-4-2;1-2/h5-6,12H,1,7-11,13-14H2,2-4H3,(H,24,26);1,4,6H,5H2,2H3;1-2H3/b;6-4-;. The molecular weight excluding hydrogens is 503 g/mol. The van der Waals surface area contributed by atoms with Crippen LogP contribution in [0.5, 0.6) is 0 Å². The van der Waals surface area contributed by atoms with Crippen molar-refractivity contribution in [2.75, 3.05) is 25.9 Å². The minimum atomic E-state index is -3.58. The van der Waals surface area contributed by atoms with Crippen molar-refractivity contribution in [1.82, 2.24) is 9.62 Å². The molecule has 0 atom stereocenters. The summed E-state index contributed by atoms with van der Waals surface area (Å²) < 4.78 is 44.2. The van der Waals surface area contributed by atoms with Gasteiger partial charge in [-0.1, -0.05) is 44.2 Å². The fraction of sp³-hybridized carbons (Fsp3) is 0.500. The third kappa shape index (κ3) is 10.8. The zero-order chi connectivity index (χ0) is 28.9. The number of allylic oxidation sites excluding steroid dienone is 3. The van der Waals surface area contributed by atoms with E-state index < -0.39 is 21.3 Å². The largest absolute Gasteiger partial charge is 0.493 e. The number of fused-ring (bicyclic) bond motifs is 1. The molecule has 1 aromatic carbocycles. The monoisotopic (exact) mass is 546 g/mol. The van der Waals surface area contributed by atoms with Gasteiger partial charge in [0.25, 0.3) is 0 Å². The molecule has 1 saturated heterocycles. The molecule has 0 radical (unpaired) electrons. The first-order chi connectivity index (χ1) is 17.9. The minimum Gasteiger partial charge on any atom is -0.493 e. The van der Waals surface area contributed by atoms with Crippen LogP contribution < -0.4 is 4.72 Å². The number of terminal acetylenes is 1. The molecule has 0 bridgehead atoms. The summed E-state index contributed by atoms with van der Waals surface area (Å²) in [5.74, 6) is 2.38. The van der Waals surface area contributed by atoms with E-state index in [1.54, 1.807) is 13.8 Å². The predicted molar refractivity (Wildman–Crippen MR) is 154 cm³/mol. The average Bonchev–Trinajstić information content (AvgIpc) is 3.02.